The maximum atomic E-state index is 11.5. The summed E-state index contributed by atoms with van der Waals surface area (Å²) in [6.07, 6.45) is -0.213. The Morgan fingerprint density at radius 1 is 1.31 bits per heavy atom. The van der Waals surface area contributed by atoms with E-state index in [9.17, 15) is 13.5 Å². The lowest BCUT2D eigenvalue weighted by atomic mass is 10.1. The van der Waals surface area contributed by atoms with E-state index >= 15 is 0 Å². The van der Waals surface area contributed by atoms with Crippen LogP contribution in [0.4, 0.5) is 0 Å². The molecule has 0 saturated carbocycles. The molecular weight excluding hydrogens is 383 g/mol. The summed E-state index contributed by atoms with van der Waals surface area (Å²) >= 11 is 11.6. The van der Waals surface area contributed by atoms with Gasteiger partial charge >= 0.3 is 0 Å². The number of rotatable bonds is 3. The molecule has 1 atom stereocenters. The van der Waals surface area contributed by atoms with Gasteiger partial charge in [-0.15, -0.1) is 0 Å². The summed E-state index contributed by atoms with van der Waals surface area (Å²) in [5.41, 5.74) is 0.448. The molecule has 0 saturated heterocycles. The predicted molar refractivity (Wildman–Crippen MR) is 71.8 cm³/mol. The topological polar surface area (TPSA) is 54.4 Å². The average Bonchev–Trinajstić information content (AvgIpc) is 2.16. The predicted octanol–water partition coefficient (Wildman–Crippen LogP) is 2.86. The minimum atomic E-state index is -3.51. The van der Waals surface area contributed by atoms with Crippen molar-refractivity contribution in [3.05, 3.63) is 34.9 Å². The quantitative estimate of drug-likeness (QED) is 0.805. The summed E-state index contributed by atoms with van der Waals surface area (Å²) in [5.74, 6) is 0. The zero-order chi connectivity index (χ0) is 12.6. The first-order valence-corrected chi connectivity index (χ1v) is 8.02. The first kappa shape index (κ1) is 14.4. The monoisotopic (exact) mass is 390 g/mol. The molecule has 0 unspecified atom stereocenters. The molecule has 1 N–H and O–H groups in total. The van der Waals surface area contributed by atoms with Gasteiger partial charge in [0.1, 0.15) is 6.10 Å². The van der Waals surface area contributed by atoms with Crippen molar-refractivity contribution in [1.82, 2.24) is 0 Å². The third-order valence-corrected chi connectivity index (χ3v) is 7.86. The molecule has 0 bridgehead atoms. The van der Waals surface area contributed by atoms with Gasteiger partial charge in [-0.1, -0.05) is 55.6 Å². The van der Waals surface area contributed by atoms with Crippen molar-refractivity contribution >= 4 is 53.3 Å². The van der Waals surface area contributed by atoms with E-state index in [1.54, 1.807) is 24.3 Å². The van der Waals surface area contributed by atoms with E-state index in [0.29, 0.717) is 10.6 Å². The molecule has 1 aromatic rings. The number of halogens is 3. The Kier molecular flexibility index (Phi) is 4.46. The molecule has 0 aromatic heterocycles. The molecular formula is C9H9Br2ClO3S. The van der Waals surface area contributed by atoms with Gasteiger partial charge < -0.3 is 5.11 Å². The fourth-order valence-electron chi connectivity index (χ4n) is 1.04. The van der Waals surface area contributed by atoms with Crippen molar-refractivity contribution in [1.29, 1.82) is 0 Å². The third-order valence-electron chi connectivity index (χ3n) is 2.00. The molecule has 90 valence electrons. The Balaban J connectivity index is 3.12. The highest BCUT2D eigenvalue weighted by Crippen LogP contribution is 2.43. The Morgan fingerprint density at radius 3 is 2.12 bits per heavy atom. The molecule has 0 radical (unpaired) electrons. The van der Waals surface area contributed by atoms with E-state index in [2.05, 4.69) is 31.9 Å². The minimum Gasteiger partial charge on any atom is -0.385 e. The highest BCUT2D eigenvalue weighted by molar-refractivity contribution is 9.27. The zero-order valence-corrected chi connectivity index (χ0v) is 12.9. The lowest BCUT2D eigenvalue weighted by Gasteiger charge is -2.24. The average molecular weight is 392 g/mol. The Bertz CT molecular complexity index is 470. The van der Waals surface area contributed by atoms with E-state index in [1.807, 2.05) is 0 Å². The summed E-state index contributed by atoms with van der Waals surface area (Å²) < 4.78 is 21.3. The van der Waals surface area contributed by atoms with Crippen LogP contribution >= 0.6 is 43.5 Å². The number of hydrogen-bond acceptors (Lipinski definition) is 3. The largest absolute Gasteiger partial charge is 0.385 e. The molecule has 0 heterocycles. The molecule has 0 aliphatic rings. The molecule has 0 amide bonds. The molecule has 0 fully saturated rings. The number of sulfone groups is 1. The standard InChI is InChI=1S/C9H9Br2ClO3S/c1-16(14,15)9(10,11)8(13)6-2-4-7(12)5-3-6/h2-5,8,13H,1H3/t8-/m0/s1. The summed E-state index contributed by atoms with van der Waals surface area (Å²) in [6.45, 7) is 0. The van der Waals surface area contributed by atoms with Crippen molar-refractivity contribution < 1.29 is 13.5 Å². The van der Waals surface area contributed by atoms with Crippen LogP contribution in [0.15, 0.2) is 24.3 Å². The summed E-state index contributed by atoms with van der Waals surface area (Å²) in [4.78, 5) is 0. The van der Waals surface area contributed by atoms with Gasteiger partial charge in [-0.2, -0.15) is 0 Å². The van der Waals surface area contributed by atoms with Crippen molar-refractivity contribution in [3.8, 4) is 0 Å². The molecule has 3 nitrogen and oxygen atoms in total. The molecule has 0 spiro atoms. The molecule has 1 aromatic carbocycles. The second-order valence-corrected chi connectivity index (χ2v) is 10.5. The van der Waals surface area contributed by atoms with E-state index in [1.165, 1.54) is 0 Å². The summed E-state index contributed by atoms with van der Waals surface area (Å²) in [7, 11) is -3.51. The number of hydrogen-bond donors (Lipinski definition) is 1. The third kappa shape index (κ3) is 2.98. The highest BCUT2D eigenvalue weighted by Gasteiger charge is 2.43. The van der Waals surface area contributed by atoms with E-state index < -0.39 is 18.5 Å². The number of alkyl halides is 2. The van der Waals surface area contributed by atoms with E-state index in [0.717, 1.165) is 6.26 Å². The van der Waals surface area contributed by atoms with Gasteiger partial charge in [0.2, 0.25) is 2.57 Å². The normalized spacial score (nSPS) is 14.8. The Labute approximate surface area is 116 Å². The smallest absolute Gasteiger partial charge is 0.210 e. The molecule has 7 heteroatoms. The molecule has 0 aliphatic heterocycles. The first-order chi connectivity index (χ1) is 7.16. The fraction of sp³-hybridized carbons (Fsp3) is 0.333. The van der Waals surface area contributed by atoms with Gasteiger partial charge in [-0.25, -0.2) is 8.42 Å². The van der Waals surface area contributed by atoms with Crippen LogP contribution in [0.3, 0.4) is 0 Å². The van der Waals surface area contributed by atoms with Crippen molar-refractivity contribution in [2.45, 2.75) is 8.67 Å². The van der Waals surface area contributed by atoms with Crippen LogP contribution in [-0.2, 0) is 9.84 Å². The second-order valence-electron chi connectivity index (χ2n) is 3.29. The van der Waals surface area contributed by atoms with Crippen LogP contribution in [0.25, 0.3) is 0 Å². The lowest BCUT2D eigenvalue weighted by molar-refractivity contribution is 0.189. The fourth-order valence-corrected chi connectivity index (χ4v) is 2.24. The van der Waals surface area contributed by atoms with Gasteiger partial charge in [0.25, 0.3) is 0 Å². The second kappa shape index (κ2) is 4.94. The van der Waals surface area contributed by atoms with Gasteiger partial charge in [0.05, 0.1) is 0 Å². The van der Waals surface area contributed by atoms with Crippen LogP contribution in [0.5, 0.6) is 0 Å². The number of aliphatic hydroxyl groups is 1. The summed E-state index contributed by atoms with van der Waals surface area (Å²) in [6, 6.07) is 6.29. The van der Waals surface area contributed by atoms with Gasteiger partial charge in [0, 0.05) is 11.3 Å². The molecule has 1 rings (SSSR count). The Morgan fingerprint density at radius 2 is 1.75 bits per heavy atom. The molecule has 16 heavy (non-hydrogen) atoms. The SMILES string of the molecule is CS(=O)(=O)C(Br)(Br)[C@@H](O)c1ccc(Cl)cc1. The van der Waals surface area contributed by atoms with Crippen molar-refractivity contribution in [2.24, 2.45) is 0 Å². The van der Waals surface area contributed by atoms with Gasteiger partial charge in [-0.05, 0) is 17.7 Å². The Hall–Kier alpha value is 0.380. The van der Waals surface area contributed by atoms with Crippen LogP contribution in [0, 0.1) is 0 Å². The van der Waals surface area contributed by atoms with Gasteiger partial charge in [-0.3, -0.25) is 0 Å². The maximum Gasteiger partial charge on any atom is 0.210 e. The van der Waals surface area contributed by atoms with Crippen LogP contribution < -0.4 is 0 Å². The minimum absolute atomic E-state index is 0.448. The highest BCUT2D eigenvalue weighted by atomic mass is 79.9. The van der Waals surface area contributed by atoms with E-state index in [4.69, 9.17) is 11.6 Å². The summed E-state index contributed by atoms with van der Waals surface area (Å²) in [5, 5.41) is 10.5. The van der Waals surface area contributed by atoms with Crippen LogP contribution in [-0.4, -0.2) is 22.3 Å². The maximum absolute atomic E-state index is 11.5. The number of aliphatic hydroxyl groups excluding tert-OH is 1. The van der Waals surface area contributed by atoms with Crippen molar-refractivity contribution in [2.75, 3.05) is 6.26 Å². The first-order valence-electron chi connectivity index (χ1n) is 4.17. The van der Waals surface area contributed by atoms with Crippen LogP contribution in [0.2, 0.25) is 5.02 Å². The molecule has 0 aliphatic carbocycles. The number of benzene rings is 1. The van der Waals surface area contributed by atoms with Crippen LogP contribution in [0.1, 0.15) is 11.7 Å². The van der Waals surface area contributed by atoms with Gasteiger partial charge in [0.15, 0.2) is 9.84 Å². The lowest BCUT2D eigenvalue weighted by Crippen LogP contribution is -2.31. The van der Waals surface area contributed by atoms with E-state index in [-0.39, 0.29) is 0 Å². The zero-order valence-electron chi connectivity index (χ0n) is 8.19. The van der Waals surface area contributed by atoms with Crippen molar-refractivity contribution in [3.63, 3.8) is 0 Å².